The number of hydrogen-bond donors (Lipinski definition) is 1. The number of aryl methyl sites for hydroxylation is 1. The van der Waals surface area contributed by atoms with E-state index in [2.05, 4.69) is 0 Å². The van der Waals surface area contributed by atoms with Crippen molar-refractivity contribution in [3.05, 3.63) is 32.8 Å². The molecule has 0 bridgehead atoms. The molecule has 0 saturated carbocycles. The second kappa shape index (κ2) is 5.88. The number of piperidine rings is 1. The van der Waals surface area contributed by atoms with Gasteiger partial charge in [0.2, 0.25) is 10.0 Å². The summed E-state index contributed by atoms with van der Waals surface area (Å²) < 4.78 is 26.3. The highest BCUT2D eigenvalue weighted by atomic mass is 35.5. The van der Waals surface area contributed by atoms with Gasteiger partial charge < -0.3 is 5.11 Å². The summed E-state index contributed by atoms with van der Waals surface area (Å²) in [6.07, 6.45) is 0.386. The van der Waals surface area contributed by atoms with E-state index in [9.17, 15) is 23.6 Å². The van der Waals surface area contributed by atoms with E-state index >= 15 is 0 Å². The van der Waals surface area contributed by atoms with Gasteiger partial charge in [0.15, 0.2) is 0 Å². The minimum absolute atomic E-state index is 0.00179. The van der Waals surface area contributed by atoms with Gasteiger partial charge in [0.1, 0.15) is 5.02 Å². The molecule has 116 valence electrons. The SMILES string of the molecule is Cc1cc(Cl)c([N+](=O)[O-])cc1S(=O)(=O)N1CCC[C@H](O)C1. The van der Waals surface area contributed by atoms with E-state index < -0.39 is 26.7 Å². The minimum Gasteiger partial charge on any atom is -0.392 e. The summed E-state index contributed by atoms with van der Waals surface area (Å²) in [4.78, 5) is 10.1. The number of aliphatic hydroxyl groups is 1. The zero-order valence-corrected chi connectivity index (χ0v) is 12.9. The zero-order chi connectivity index (χ0) is 15.8. The number of β-amino-alcohol motifs (C(OH)–C–C–N with tert-alkyl or cyclic N) is 1. The summed E-state index contributed by atoms with van der Waals surface area (Å²) in [5, 5.41) is 20.4. The van der Waals surface area contributed by atoms with Crippen molar-refractivity contribution in [2.24, 2.45) is 0 Å². The van der Waals surface area contributed by atoms with Gasteiger partial charge in [-0.25, -0.2) is 8.42 Å². The average molecular weight is 335 g/mol. The molecule has 1 N–H and O–H groups in total. The number of halogens is 1. The molecule has 1 atom stereocenters. The highest BCUT2D eigenvalue weighted by molar-refractivity contribution is 7.89. The number of nitro benzene ring substituents is 1. The van der Waals surface area contributed by atoms with Gasteiger partial charge in [-0.05, 0) is 31.4 Å². The molecule has 1 saturated heterocycles. The Kier molecular flexibility index (Phi) is 4.52. The molecule has 21 heavy (non-hydrogen) atoms. The van der Waals surface area contributed by atoms with Crippen molar-refractivity contribution in [1.29, 1.82) is 0 Å². The van der Waals surface area contributed by atoms with E-state index in [0.717, 1.165) is 10.4 Å². The monoisotopic (exact) mass is 334 g/mol. The predicted molar refractivity (Wildman–Crippen MR) is 76.8 cm³/mol. The van der Waals surface area contributed by atoms with Crippen LogP contribution in [0.1, 0.15) is 18.4 Å². The van der Waals surface area contributed by atoms with E-state index in [0.29, 0.717) is 18.4 Å². The molecule has 0 amide bonds. The van der Waals surface area contributed by atoms with Gasteiger partial charge in [-0.1, -0.05) is 11.6 Å². The maximum Gasteiger partial charge on any atom is 0.289 e. The Morgan fingerprint density at radius 3 is 2.71 bits per heavy atom. The Bertz CT molecular complexity index is 676. The molecule has 0 aliphatic carbocycles. The molecule has 1 fully saturated rings. The topological polar surface area (TPSA) is 101 Å². The Labute approximate surface area is 127 Å². The number of rotatable bonds is 3. The molecule has 7 nitrogen and oxygen atoms in total. The van der Waals surface area contributed by atoms with Crippen LogP contribution >= 0.6 is 11.6 Å². The van der Waals surface area contributed by atoms with Gasteiger partial charge in [0, 0.05) is 19.2 Å². The number of benzene rings is 1. The van der Waals surface area contributed by atoms with Crippen LogP contribution in [-0.4, -0.2) is 41.9 Å². The normalized spacial score (nSPS) is 20.4. The molecule has 0 radical (unpaired) electrons. The smallest absolute Gasteiger partial charge is 0.289 e. The molecule has 0 unspecified atom stereocenters. The second-order valence-electron chi connectivity index (χ2n) is 4.99. The summed E-state index contributed by atoms with van der Waals surface area (Å²) in [5.41, 5.74) is -0.107. The van der Waals surface area contributed by atoms with E-state index in [1.807, 2.05) is 0 Å². The molecule has 1 aliphatic heterocycles. The lowest BCUT2D eigenvalue weighted by atomic mass is 10.1. The molecule has 1 aromatic rings. The first kappa shape index (κ1) is 16.2. The zero-order valence-electron chi connectivity index (χ0n) is 11.3. The van der Waals surface area contributed by atoms with Crippen molar-refractivity contribution in [2.45, 2.75) is 30.8 Å². The molecule has 2 rings (SSSR count). The summed E-state index contributed by atoms with van der Waals surface area (Å²) in [6.45, 7) is 1.82. The van der Waals surface area contributed by atoms with E-state index in [4.69, 9.17) is 11.6 Å². The lowest BCUT2D eigenvalue weighted by molar-refractivity contribution is -0.384. The first-order valence-corrected chi connectivity index (χ1v) is 8.18. The summed E-state index contributed by atoms with van der Waals surface area (Å²) >= 11 is 5.77. The second-order valence-corrected chi connectivity index (χ2v) is 7.30. The fourth-order valence-corrected chi connectivity index (χ4v) is 4.37. The van der Waals surface area contributed by atoms with E-state index in [1.165, 1.54) is 13.0 Å². The number of sulfonamides is 1. The number of hydrogen-bond acceptors (Lipinski definition) is 5. The first-order chi connectivity index (χ1) is 9.73. The van der Waals surface area contributed by atoms with Crippen LogP contribution in [0.25, 0.3) is 0 Å². The van der Waals surface area contributed by atoms with Gasteiger partial charge in [-0.3, -0.25) is 10.1 Å². The van der Waals surface area contributed by atoms with Crippen LogP contribution in [0.4, 0.5) is 5.69 Å². The van der Waals surface area contributed by atoms with Crippen LogP contribution in [-0.2, 0) is 10.0 Å². The van der Waals surface area contributed by atoms with Crippen LogP contribution < -0.4 is 0 Å². The molecule has 0 aromatic heterocycles. The third kappa shape index (κ3) is 3.18. The van der Waals surface area contributed by atoms with E-state index in [1.54, 1.807) is 0 Å². The van der Waals surface area contributed by atoms with Gasteiger partial charge in [0.25, 0.3) is 5.69 Å². The Hall–Kier alpha value is -1.22. The number of nitro groups is 1. The largest absolute Gasteiger partial charge is 0.392 e. The van der Waals surface area contributed by atoms with E-state index in [-0.39, 0.29) is 23.0 Å². The number of nitrogens with zero attached hydrogens (tertiary/aromatic N) is 2. The molecular formula is C12H15ClN2O5S. The Balaban J connectivity index is 2.49. The fraction of sp³-hybridized carbons (Fsp3) is 0.500. The van der Waals surface area contributed by atoms with Crippen molar-refractivity contribution in [3.8, 4) is 0 Å². The third-order valence-electron chi connectivity index (χ3n) is 3.42. The van der Waals surface area contributed by atoms with Crippen molar-refractivity contribution in [2.75, 3.05) is 13.1 Å². The first-order valence-electron chi connectivity index (χ1n) is 6.36. The summed E-state index contributed by atoms with van der Waals surface area (Å²) in [6, 6.07) is 2.25. The molecule has 1 heterocycles. The van der Waals surface area contributed by atoms with Crippen LogP contribution in [0.5, 0.6) is 0 Å². The maximum atomic E-state index is 12.6. The van der Waals surface area contributed by atoms with Crippen molar-refractivity contribution in [3.63, 3.8) is 0 Å². The minimum atomic E-state index is -3.89. The van der Waals surface area contributed by atoms with Crippen LogP contribution in [0.15, 0.2) is 17.0 Å². The van der Waals surface area contributed by atoms with Crippen molar-refractivity contribution < 1.29 is 18.4 Å². The lowest BCUT2D eigenvalue weighted by Gasteiger charge is -2.29. The average Bonchev–Trinajstić information content (AvgIpc) is 2.37. The maximum absolute atomic E-state index is 12.6. The Morgan fingerprint density at radius 2 is 2.14 bits per heavy atom. The summed E-state index contributed by atoms with van der Waals surface area (Å²) in [7, 11) is -3.89. The van der Waals surface area contributed by atoms with Gasteiger partial charge in [0.05, 0.1) is 15.9 Å². The van der Waals surface area contributed by atoms with Gasteiger partial charge in [-0.15, -0.1) is 0 Å². The lowest BCUT2D eigenvalue weighted by Crippen LogP contribution is -2.42. The summed E-state index contributed by atoms with van der Waals surface area (Å²) in [5.74, 6) is 0. The van der Waals surface area contributed by atoms with Crippen LogP contribution in [0, 0.1) is 17.0 Å². The third-order valence-corrected chi connectivity index (χ3v) is 5.73. The quantitative estimate of drug-likeness (QED) is 0.669. The Morgan fingerprint density at radius 1 is 1.48 bits per heavy atom. The van der Waals surface area contributed by atoms with Gasteiger partial charge in [-0.2, -0.15) is 4.31 Å². The van der Waals surface area contributed by atoms with Crippen molar-refractivity contribution >= 4 is 27.3 Å². The molecule has 0 spiro atoms. The molecular weight excluding hydrogens is 320 g/mol. The highest BCUT2D eigenvalue weighted by Crippen LogP contribution is 2.32. The van der Waals surface area contributed by atoms with Crippen LogP contribution in [0.2, 0.25) is 5.02 Å². The molecule has 1 aliphatic rings. The number of aliphatic hydroxyl groups excluding tert-OH is 1. The van der Waals surface area contributed by atoms with Gasteiger partial charge >= 0.3 is 0 Å². The molecule has 1 aromatic carbocycles. The van der Waals surface area contributed by atoms with Crippen molar-refractivity contribution in [1.82, 2.24) is 4.31 Å². The van der Waals surface area contributed by atoms with Crippen LogP contribution in [0.3, 0.4) is 0 Å². The highest BCUT2D eigenvalue weighted by Gasteiger charge is 2.32. The fourth-order valence-electron chi connectivity index (χ4n) is 2.34. The predicted octanol–water partition coefficient (Wildman–Crippen LogP) is 1.70. The standard InChI is InChI=1S/C12H15ClN2O5S/c1-8-5-10(13)11(15(17)18)6-12(8)21(19,20)14-4-2-3-9(16)7-14/h5-6,9,16H,2-4,7H2,1H3/t9-/m0/s1. The molecule has 9 heteroatoms.